The molecule has 0 unspecified atom stereocenters. The maximum atomic E-state index is 12.1. The van der Waals surface area contributed by atoms with Gasteiger partial charge in [0.2, 0.25) is 0 Å². The van der Waals surface area contributed by atoms with E-state index >= 15 is 0 Å². The zero-order valence-corrected chi connectivity index (χ0v) is 11.1. The van der Waals surface area contributed by atoms with E-state index in [1.807, 2.05) is 19.9 Å². The van der Waals surface area contributed by atoms with Crippen LogP contribution in [0.25, 0.3) is 10.9 Å². The summed E-state index contributed by atoms with van der Waals surface area (Å²) < 4.78 is 0. The van der Waals surface area contributed by atoms with Gasteiger partial charge in [-0.1, -0.05) is 12.1 Å². The number of carbonyl (C=O) groups is 2. The molecule has 0 radical (unpaired) electrons. The molecule has 0 saturated heterocycles. The summed E-state index contributed by atoms with van der Waals surface area (Å²) in [5.74, 6) is -1.44. The normalized spacial score (nSPS) is 12.4. The summed E-state index contributed by atoms with van der Waals surface area (Å²) in [6.45, 7) is 5.36. The fourth-order valence-electron chi connectivity index (χ4n) is 2.01. The third-order valence-electron chi connectivity index (χ3n) is 3.31. The number of carboxylic acid groups (broad SMARTS) is 1. The van der Waals surface area contributed by atoms with Crippen LogP contribution in [-0.2, 0) is 4.79 Å². The molecule has 5 heteroatoms. The second-order valence-corrected chi connectivity index (χ2v) is 4.64. The fourth-order valence-corrected chi connectivity index (χ4v) is 2.01. The number of benzene rings is 1. The van der Waals surface area contributed by atoms with Gasteiger partial charge in [-0.05, 0) is 32.4 Å². The zero-order valence-electron chi connectivity index (χ0n) is 11.1. The molecule has 2 aromatic rings. The van der Waals surface area contributed by atoms with Crippen LogP contribution in [0.1, 0.15) is 28.5 Å². The van der Waals surface area contributed by atoms with Crippen molar-refractivity contribution in [3.63, 3.8) is 0 Å². The van der Waals surface area contributed by atoms with Crippen molar-refractivity contribution in [1.82, 2.24) is 10.3 Å². The van der Waals surface area contributed by atoms with Crippen LogP contribution < -0.4 is 5.32 Å². The number of amides is 1. The molecule has 0 aliphatic heterocycles. The third kappa shape index (κ3) is 2.31. The average Bonchev–Trinajstić information content (AvgIpc) is 2.65. The number of hydrogen-bond donors (Lipinski definition) is 3. The van der Waals surface area contributed by atoms with Gasteiger partial charge in [-0.25, -0.2) is 0 Å². The molecule has 5 nitrogen and oxygen atoms in total. The number of carboxylic acids is 1. The van der Waals surface area contributed by atoms with Crippen LogP contribution in [0.2, 0.25) is 0 Å². The van der Waals surface area contributed by atoms with Gasteiger partial charge in [-0.3, -0.25) is 9.59 Å². The minimum atomic E-state index is -1.06. The number of para-hydroxylation sites is 1. The Hall–Kier alpha value is -2.30. The molecular weight excluding hydrogens is 244 g/mol. The number of carbonyl (C=O) groups excluding carboxylic acids is 1. The smallest absolute Gasteiger partial charge is 0.325 e. The molecular formula is C14H16N2O3. The first-order chi connectivity index (χ1) is 8.91. The van der Waals surface area contributed by atoms with Gasteiger partial charge in [0, 0.05) is 11.1 Å². The van der Waals surface area contributed by atoms with Crippen LogP contribution in [0.15, 0.2) is 18.2 Å². The molecule has 0 aliphatic rings. The van der Waals surface area contributed by atoms with Gasteiger partial charge in [0.1, 0.15) is 6.04 Å². The quantitative estimate of drug-likeness (QED) is 0.789. The number of H-pyrrole nitrogens is 1. The van der Waals surface area contributed by atoms with Crippen LogP contribution in [0.5, 0.6) is 0 Å². The second-order valence-electron chi connectivity index (χ2n) is 4.64. The average molecular weight is 260 g/mol. The lowest BCUT2D eigenvalue weighted by molar-refractivity contribution is -0.138. The Morgan fingerprint density at radius 2 is 2.00 bits per heavy atom. The first-order valence-corrected chi connectivity index (χ1v) is 6.03. The molecule has 1 atom stereocenters. The minimum Gasteiger partial charge on any atom is -0.480 e. The van der Waals surface area contributed by atoms with Crippen LogP contribution >= 0.6 is 0 Å². The lowest BCUT2D eigenvalue weighted by Gasteiger charge is -2.09. The Balaban J connectivity index is 2.43. The van der Waals surface area contributed by atoms with Crippen molar-refractivity contribution in [3.05, 3.63) is 35.0 Å². The monoisotopic (exact) mass is 260 g/mol. The molecule has 1 aromatic heterocycles. The number of aryl methyl sites for hydroxylation is 2. The number of rotatable bonds is 3. The summed E-state index contributed by atoms with van der Waals surface area (Å²) in [6.07, 6.45) is 0. The first kappa shape index (κ1) is 13.1. The Labute approximate surface area is 110 Å². The van der Waals surface area contributed by atoms with Gasteiger partial charge in [0.15, 0.2) is 0 Å². The molecule has 1 heterocycles. The number of aromatic amines is 1. The number of nitrogens with one attached hydrogen (secondary N) is 2. The maximum Gasteiger partial charge on any atom is 0.325 e. The van der Waals surface area contributed by atoms with Crippen molar-refractivity contribution >= 4 is 22.8 Å². The third-order valence-corrected chi connectivity index (χ3v) is 3.31. The van der Waals surface area contributed by atoms with Gasteiger partial charge in [-0.15, -0.1) is 0 Å². The SMILES string of the molecule is Cc1[nH]c2c(C(=O)N[C@@H](C)C(=O)O)cccc2c1C. The van der Waals surface area contributed by atoms with Crippen LogP contribution in [-0.4, -0.2) is 28.0 Å². The van der Waals surface area contributed by atoms with E-state index < -0.39 is 12.0 Å². The number of aliphatic carboxylic acids is 1. The van der Waals surface area contributed by atoms with Crippen LogP contribution in [0.4, 0.5) is 0 Å². The maximum absolute atomic E-state index is 12.1. The number of hydrogen-bond acceptors (Lipinski definition) is 2. The van der Waals surface area contributed by atoms with E-state index in [0.717, 1.165) is 22.2 Å². The van der Waals surface area contributed by atoms with Crippen molar-refractivity contribution in [2.45, 2.75) is 26.8 Å². The summed E-state index contributed by atoms with van der Waals surface area (Å²) in [5, 5.41) is 12.3. The molecule has 0 bridgehead atoms. The van der Waals surface area contributed by atoms with E-state index in [4.69, 9.17) is 5.11 Å². The van der Waals surface area contributed by atoms with E-state index in [-0.39, 0.29) is 5.91 Å². The van der Waals surface area contributed by atoms with E-state index in [1.165, 1.54) is 6.92 Å². The molecule has 100 valence electrons. The summed E-state index contributed by atoms with van der Waals surface area (Å²) in [7, 11) is 0. The summed E-state index contributed by atoms with van der Waals surface area (Å²) >= 11 is 0. The number of aromatic nitrogens is 1. The summed E-state index contributed by atoms with van der Waals surface area (Å²) in [5.41, 5.74) is 3.30. The summed E-state index contributed by atoms with van der Waals surface area (Å²) in [6, 6.07) is 4.50. The molecule has 19 heavy (non-hydrogen) atoms. The molecule has 0 saturated carbocycles. The Bertz CT molecular complexity index is 658. The van der Waals surface area contributed by atoms with E-state index in [2.05, 4.69) is 10.3 Å². The lowest BCUT2D eigenvalue weighted by Crippen LogP contribution is -2.38. The molecule has 1 amide bonds. The number of fused-ring (bicyclic) bond motifs is 1. The zero-order chi connectivity index (χ0) is 14.2. The van der Waals surface area contributed by atoms with Gasteiger partial charge in [0.25, 0.3) is 5.91 Å². The highest BCUT2D eigenvalue weighted by Crippen LogP contribution is 2.24. The van der Waals surface area contributed by atoms with Crippen molar-refractivity contribution in [2.75, 3.05) is 0 Å². The van der Waals surface area contributed by atoms with Gasteiger partial charge < -0.3 is 15.4 Å². The largest absolute Gasteiger partial charge is 0.480 e. The Morgan fingerprint density at radius 1 is 1.32 bits per heavy atom. The topological polar surface area (TPSA) is 82.2 Å². The Kier molecular flexibility index (Phi) is 3.29. The van der Waals surface area contributed by atoms with Gasteiger partial charge >= 0.3 is 5.97 Å². The molecule has 3 N–H and O–H groups in total. The van der Waals surface area contributed by atoms with E-state index in [0.29, 0.717) is 5.56 Å². The van der Waals surface area contributed by atoms with Crippen molar-refractivity contribution in [2.24, 2.45) is 0 Å². The highest BCUT2D eigenvalue weighted by atomic mass is 16.4. The van der Waals surface area contributed by atoms with Crippen molar-refractivity contribution in [3.8, 4) is 0 Å². The van der Waals surface area contributed by atoms with Gasteiger partial charge in [0.05, 0.1) is 11.1 Å². The van der Waals surface area contributed by atoms with Crippen molar-refractivity contribution in [1.29, 1.82) is 0 Å². The molecule has 1 aromatic carbocycles. The highest BCUT2D eigenvalue weighted by molar-refractivity contribution is 6.07. The first-order valence-electron chi connectivity index (χ1n) is 6.03. The molecule has 2 rings (SSSR count). The van der Waals surface area contributed by atoms with Crippen LogP contribution in [0, 0.1) is 13.8 Å². The summed E-state index contributed by atoms with van der Waals surface area (Å²) in [4.78, 5) is 26.0. The second kappa shape index (κ2) is 4.76. The van der Waals surface area contributed by atoms with Crippen molar-refractivity contribution < 1.29 is 14.7 Å². The Morgan fingerprint density at radius 3 is 2.63 bits per heavy atom. The highest BCUT2D eigenvalue weighted by Gasteiger charge is 2.18. The van der Waals surface area contributed by atoms with Crippen LogP contribution in [0.3, 0.4) is 0 Å². The molecule has 0 spiro atoms. The predicted molar refractivity (Wildman–Crippen MR) is 72.3 cm³/mol. The standard InChI is InChI=1S/C14H16N2O3/c1-7-8(2)15-12-10(7)5-4-6-11(12)13(17)16-9(3)14(18)19/h4-6,9,15H,1-3H3,(H,16,17)(H,18,19)/t9-/m0/s1. The molecule has 0 aliphatic carbocycles. The van der Waals surface area contributed by atoms with E-state index in [9.17, 15) is 9.59 Å². The van der Waals surface area contributed by atoms with E-state index in [1.54, 1.807) is 12.1 Å². The molecule has 0 fully saturated rings. The lowest BCUT2D eigenvalue weighted by atomic mass is 10.1. The predicted octanol–water partition coefficient (Wildman–Crippen LogP) is 1.99. The van der Waals surface area contributed by atoms with Gasteiger partial charge in [-0.2, -0.15) is 0 Å². The minimum absolute atomic E-state index is 0.387. The fraction of sp³-hybridized carbons (Fsp3) is 0.286.